The van der Waals surface area contributed by atoms with Crippen LogP contribution in [0.4, 0.5) is 16.2 Å². The van der Waals surface area contributed by atoms with Crippen LogP contribution in [-0.4, -0.2) is 61.4 Å². The van der Waals surface area contributed by atoms with Gasteiger partial charge in [0.15, 0.2) is 0 Å². The fourth-order valence-corrected chi connectivity index (χ4v) is 3.23. The molecule has 0 aliphatic carbocycles. The van der Waals surface area contributed by atoms with Gasteiger partial charge in [-0.3, -0.25) is 9.59 Å². The summed E-state index contributed by atoms with van der Waals surface area (Å²) in [6, 6.07) is 16.1. The van der Waals surface area contributed by atoms with Crippen molar-refractivity contribution < 1.29 is 14.4 Å². The molecule has 3 rings (SSSR count). The van der Waals surface area contributed by atoms with Crippen LogP contribution in [0.2, 0.25) is 5.02 Å². The topological polar surface area (TPSA) is 108 Å². The smallest absolute Gasteiger partial charge is 0.321 e. The number of likely N-dealkylation sites (tertiary alicyclic amines) is 1. The van der Waals surface area contributed by atoms with E-state index >= 15 is 0 Å². The lowest BCUT2D eigenvalue weighted by Gasteiger charge is -2.17. The Hall–Kier alpha value is -3.10. The molecule has 172 valence electrons. The lowest BCUT2D eigenvalue weighted by atomic mass is 10.1. The third-order valence-electron chi connectivity index (χ3n) is 4.92. The van der Waals surface area contributed by atoms with E-state index in [4.69, 9.17) is 17.3 Å². The Kier molecular flexibility index (Phi) is 9.97. The summed E-state index contributed by atoms with van der Waals surface area (Å²) in [7, 11) is 3.58. The number of carbonyl (C=O) groups excluding carboxylic acids is 3. The molecule has 2 aromatic rings. The fraction of sp³-hybridized carbons (Fsp3) is 0.348. The van der Waals surface area contributed by atoms with Gasteiger partial charge in [-0.25, -0.2) is 4.79 Å². The van der Waals surface area contributed by atoms with Crippen molar-refractivity contribution in [3.63, 3.8) is 0 Å². The van der Waals surface area contributed by atoms with Gasteiger partial charge in [-0.2, -0.15) is 0 Å². The molecule has 1 fully saturated rings. The first kappa shape index (κ1) is 25.2. The van der Waals surface area contributed by atoms with Crippen molar-refractivity contribution >= 4 is 40.8 Å². The van der Waals surface area contributed by atoms with Crippen LogP contribution < -0.4 is 16.4 Å². The Balaban J connectivity index is 0.000000439. The summed E-state index contributed by atoms with van der Waals surface area (Å²) in [6.07, 6.45) is 0.958. The highest BCUT2D eigenvalue weighted by molar-refractivity contribution is 6.30. The standard InChI is InChI=1S/C17H25N5O3.C6H5Cl/c1-21-8-6-12(11-21)16(24)19-13-4-3-5-14(10-13)20-17(25)22(2)9-7-15(18)23;7-6-4-2-1-3-5-6/h3-5,10,12H,6-9,11H2,1-2H3,(H2,18,23)(H,19,24)(H,20,25);1-5H. The average Bonchev–Trinajstić information content (AvgIpc) is 3.19. The van der Waals surface area contributed by atoms with Gasteiger partial charge in [0.1, 0.15) is 0 Å². The molecule has 1 heterocycles. The van der Waals surface area contributed by atoms with Gasteiger partial charge >= 0.3 is 6.03 Å². The largest absolute Gasteiger partial charge is 0.370 e. The van der Waals surface area contributed by atoms with E-state index in [1.807, 2.05) is 37.4 Å². The SMILES string of the molecule is CN1CCC(C(=O)Nc2cccc(NC(=O)N(C)CCC(N)=O)c2)C1.Clc1ccccc1. The van der Waals surface area contributed by atoms with E-state index in [1.54, 1.807) is 31.3 Å². The number of amides is 4. The number of hydrogen-bond donors (Lipinski definition) is 3. The van der Waals surface area contributed by atoms with E-state index in [9.17, 15) is 14.4 Å². The Morgan fingerprint density at radius 2 is 1.75 bits per heavy atom. The number of hydrogen-bond acceptors (Lipinski definition) is 4. The highest BCUT2D eigenvalue weighted by Gasteiger charge is 2.26. The molecule has 2 aromatic carbocycles. The highest BCUT2D eigenvalue weighted by Crippen LogP contribution is 2.19. The number of halogens is 1. The fourth-order valence-electron chi connectivity index (χ4n) is 3.08. The Morgan fingerprint density at radius 1 is 1.09 bits per heavy atom. The summed E-state index contributed by atoms with van der Waals surface area (Å²) in [5.41, 5.74) is 6.28. The molecule has 9 heteroatoms. The molecule has 0 aromatic heterocycles. The van der Waals surface area contributed by atoms with E-state index in [0.717, 1.165) is 24.5 Å². The Labute approximate surface area is 193 Å². The summed E-state index contributed by atoms with van der Waals surface area (Å²) in [6.45, 7) is 1.92. The number of urea groups is 1. The lowest BCUT2D eigenvalue weighted by molar-refractivity contribution is -0.119. The van der Waals surface area contributed by atoms with Gasteiger partial charge in [-0.15, -0.1) is 0 Å². The maximum atomic E-state index is 12.3. The van der Waals surface area contributed by atoms with Gasteiger partial charge in [0.05, 0.1) is 5.92 Å². The molecule has 1 aliphatic rings. The minimum Gasteiger partial charge on any atom is -0.370 e. The number of nitrogens with two attached hydrogens (primary N) is 1. The minimum atomic E-state index is -0.457. The second kappa shape index (κ2) is 12.7. The van der Waals surface area contributed by atoms with E-state index in [0.29, 0.717) is 11.4 Å². The van der Waals surface area contributed by atoms with Crippen LogP contribution in [0.3, 0.4) is 0 Å². The number of anilines is 2. The molecule has 1 aliphatic heterocycles. The van der Waals surface area contributed by atoms with Crippen molar-refractivity contribution in [2.75, 3.05) is 44.4 Å². The van der Waals surface area contributed by atoms with Gasteiger partial charge in [0, 0.05) is 43.0 Å². The van der Waals surface area contributed by atoms with Gasteiger partial charge in [0.2, 0.25) is 11.8 Å². The third kappa shape index (κ3) is 8.95. The number of nitrogens with zero attached hydrogens (tertiary/aromatic N) is 2. The normalized spacial score (nSPS) is 15.3. The summed E-state index contributed by atoms with van der Waals surface area (Å²) >= 11 is 5.54. The van der Waals surface area contributed by atoms with Crippen LogP contribution in [0.25, 0.3) is 0 Å². The highest BCUT2D eigenvalue weighted by atomic mass is 35.5. The van der Waals surface area contributed by atoms with Gasteiger partial charge in [-0.05, 0) is 50.3 Å². The molecular weight excluding hydrogens is 430 g/mol. The minimum absolute atomic E-state index is 0.00796. The van der Waals surface area contributed by atoms with Crippen LogP contribution in [0.5, 0.6) is 0 Å². The number of carbonyl (C=O) groups is 3. The average molecular weight is 460 g/mol. The molecule has 0 bridgehead atoms. The molecule has 4 amide bonds. The van der Waals surface area contributed by atoms with Crippen LogP contribution >= 0.6 is 11.6 Å². The van der Waals surface area contributed by atoms with Gasteiger partial charge in [-0.1, -0.05) is 35.9 Å². The van der Waals surface area contributed by atoms with Crippen LogP contribution in [0.1, 0.15) is 12.8 Å². The molecule has 0 spiro atoms. The molecule has 4 N–H and O–H groups in total. The van der Waals surface area contributed by atoms with E-state index in [1.165, 1.54) is 4.90 Å². The second-order valence-electron chi connectivity index (χ2n) is 7.68. The quantitative estimate of drug-likeness (QED) is 0.616. The Bertz CT molecular complexity index is 910. The molecule has 32 heavy (non-hydrogen) atoms. The lowest BCUT2D eigenvalue weighted by Crippen LogP contribution is -2.34. The zero-order chi connectivity index (χ0) is 23.5. The van der Waals surface area contributed by atoms with Crippen molar-refractivity contribution in [3.05, 3.63) is 59.6 Å². The van der Waals surface area contributed by atoms with Crippen molar-refractivity contribution in [1.82, 2.24) is 9.80 Å². The first-order valence-corrected chi connectivity index (χ1v) is 10.7. The predicted octanol–water partition coefficient (Wildman–Crippen LogP) is 3.26. The van der Waals surface area contributed by atoms with Crippen LogP contribution in [0, 0.1) is 5.92 Å². The summed E-state index contributed by atoms with van der Waals surface area (Å²) in [5, 5.41) is 6.42. The molecule has 8 nitrogen and oxygen atoms in total. The van der Waals surface area contributed by atoms with Crippen molar-refractivity contribution in [2.45, 2.75) is 12.8 Å². The molecule has 1 unspecified atom stereocenters. The first-order chi connectivity index (χ1) is 15.2. The number of primary amides is 1. The van der Waals surface area contributed by atoms with Crippen molar-refractivity contribution in [1.29, 1.82) is 0 Å². The zero-order valence-electron chi connectivity index (χ0n) is 18.4. The molecule has 0 radical (unpaired) electrons. The van der Waals surface area contributed by atoms with Gasteiger partial charge in [0.25, 0.3) is 0 Å². The van der Waals surface area contributed by atoms with E-state index in [-0.39, 0.29) is 30.8 Å². The number of benzene rings is 2. The monoisotopic (exact) mass is 459 g/mol. The second-order valence-corrected chi connectivity index (χ2v) is 8.12. The van der Waals surface area contributed by atoms with E-state index in [2.05, 4.69) is 15.5 Å². The number of nitrogens with one attached hydrogen (secondary N) is 2. The van der Waals surface area contributed by atoms with Crippen molar-refractivity contribution in [2.24, 2.45) is 11.7 Å². The summed E-state index contributed by atoms with van der Waals surface area (Å²) < 4.78 is 0. The summed E-state index contributed by atoms with van der Waals surface area (Å²) in [5.74, 6) is -0.475. The molecule has 1 saturated heterocycles. The third-order valence-corrected chi connectivity index (χ3v) is 5.17. The zero-order valence-corrected chi connectivity index (χ0v) is 19.1. The molecule has 1 atom stereocenters. The maximum absolute atomic E-state index is 12.3. The predicted molar refractivity (Wildman–Crippen MR) is 128 cm³/mol. The molecule has 0 saturated carbocycles. The number of rotatable bonds is 6. The van der Waals surface area contributed by atoms with Crippen molar-refractivity contribution in [3.8, 4) is 0 Å². The van der Waals surface area contributed by atoms with Gasteiger partial charge < -0.3 is 26.2 Å². The summed E-state index contributed by atoms with van der Waals surface area (Å²) in [4.78, 5) is 38.6. The van der Waals surface area contributed by atoms with Crippen LogP contribution in [-0.2, 0) is 9.59 Å². The Morgan fingerprint density at radius 3 is 2.28 bits per heavy atom. The van der Waals surface area contributed by atoms with Crippen LogP contribution in [0.15, 0.2) is 54.6 Å². The first-order valence-electron chi connectivity index (χ1n) is 10.3. The van der Waals surface area contributed by atoms with E-state index < -0.39 is 5.91 Å². The molecular formula is C23H30ClN5O3. The maximum Gasteiger partial charge on any atom is 0.321 e.